The maximum Gasteiger partial charge on any atom is 0.416 e. The summed E-state index contributed by atoms with van der Waals surface area (Å²) in [6, 6.07) is 8.53. The molecule has 3 aromatic rings. The minimum atomic E-state index is -4.47. The number of nitrogens with zero attached hydrogens (tertiary/aromatic N) is 1. The average molecular weight is 453 g/mol. The van der Waals surface area contributed by atoms with Crippen LogP contribution in [-0.4, -0.2) is 31.4 Å². The van der Waals surface area contributed by atoms with Gasteiger partial charge in [-0.3, -0.25) is 9.59 Å². The fourth-order valence-electron chi connectivity index (χ4n) is 3.19. The van der Waals surface area contributed by atoms with E-state index in [9.17, 15) is 22.8 Å². The third-order valence-corrected chi connectivity index (χ3v) is 5.32. The molecule has 0 aliphatic carbocycles. The van der Waals surface area contributed by atoms with Gasteiger partial charge in [0.2, 0.25) is 0 Å². The van der Waals surface area contributed by atoms with E-state index in [0.29, 0.717) is 16.1 Å². The lowest BCUT2D eigenvalue weighted by atomic mass is 10.0. The Kier molecular flexibility index (Phi) is 6.43. The summed E-state index contributed by atoms with van der Waals surface area (Å²) in [5.74, 6) is -0.841. The van der Waals surface area contributed by atoms with Gasteiger partial charge in [0.1, 0.15) is 5.58 Å². The van der Waals surface area contributed by atoms with Gasteiger partial charge in [-0.15, -0.1) is 0 Å². The number of fused-ring (bicyclic) bond motifs is 1. The Morgan fingerprint density at radius 2 is 1.90 bits per heavy atom. The van der Waals surface area contributed by atoms with Gasteiger partial charge in [0.05, 0.1) is 17.0 Å². The number of amides is 1. The molecule has 31 heavy (non-hydrogen) atoms. The van der Waals surface area contributed by atoms with Crippen LogP contribution in [0.2, 0.25) is 5.02 Å². The highest BCUT2D eigenvalue weighted by atomic mass is 35.5. The molecule has 9 heteroatoms. The molecule has 164 valence electrons. The number of carbonyl (C=O) groups is 1. The maximum absolute atomic E-state index is 13.1. The van der Waals surface area contributed by atoms with Gasteiger partial charge in [-0.1, -0.05) is 23.7 Å². The van der Waals surface area contributed by atoms with E-state index in [2.05, 4.69) is 5.32 Å². The lowest BCUT2D eigenvalue weighted by Crippen LogP contribution is -2.35. The quantitative estimate of drug-likeness (QED) is 0.603. The second-order valence-corrected chi connectivity index (χ2v) is 7.79. The van der Waals surface area contributed by atoms with E-state index >= 15 is 0 Å². The molecule has 1 atom stereocenters. The lowest BCUT2D eigenvalue weighted by Gasteiger charge is -2.25. The van der Waals surface area contributed by atoms with E-state index in [1.54, 1.807) is 38.1 Å². The van der Waals surface area contributed by atoms with E-state index in [4.69, 9.17) is 16.0 Å². The minimum Gasteiger partial charge on any atom is -0.451 e. The molecule has 1 heterocycles. The topological polar surface area (TPSA) is 62.6 Å². The summed E-state index contributed by atoms with van der Waals surface area (Å²) in [6.07, 6.45) is -4.47. The van der Waals surface area contributed by atoms with Crippen molar-refractivity contribution in [3.05, 3.63) is 80.2 Å². The molecule has 1 amide bonds. The molecule has 1 N–H and O–H groups in total. The van der Waals surface area contributed by atoms with E-state index in [0.717, 1.165) is 18.2 Å². The van der Waals surface area contributed by atoms with Gasteiger partial charge in [0.25, 0.3) is 5.91 Å². The minimum absolute atomic E-state index is 0.00847. The van der Waals surface area contributed by atoms with Crippen molar-refractivity contribution in [3.8, 4) is 0 Å². The second kappa shape index (κ2) is 8.72. The molecule has 0 spiro atoms. The SMILES string of the molecule is Cc1cc2oc(C(=O)NC[C@H](c3cccc(C(F)(F)F)c3)N(C)C)cc(=O)c2cc1Cl. The number of aryl methyl sites for hydroxylation is 1. The van der Waals surface area contributed by atoms with Crippen LogP contribution in [0.1, 0.15) is 33.3 Å². The molecule has 0 fully saturated rings. The molecule has 0 unspecified atom stereocenters. The van der Waals surface area contributed by atoms with Crippen LogP contribution in [0.25, 0.3) is 11.0 Å². The van der Waals surface area contributed by atoms with Crippen molar-refractivity contribution in [1.82, 2.24) is 10.2 Å². The summed E-state index contributed by atoms with van der Waals surface area (Å²) in [4.78, 5) is 26.7. The molecule has 0 saturated heterocycles. The number of nitrogens with one attached hydrogen (secondary N) is 1. The zero-order valence-corrected chi connectivity index (χ0v) is 17.8. The van der Waals surface area contributed by atoms with Crippen LogP contribution >= 0.6 is 11.6 Å². The number of benzene rings is 2. The van der Waals surface area contributed by atoms with Crippen molar-refractivity contribution in [2.45, 2.75) is 19.1 Å². The highest BCUT2D eigenvalue weighted by Gasteiger charge is 2.31. The average Bonchev–Trinajstić information content (AvgIpc) is 2.68. The summed E-state index contributed by atoms with van der Waals surface area (Å²) in [6.45, 7) is 1.75. The number of alkyl halides is 3. The van der Waals surface area contributed by atoms with Gasteiger partial charge in [-0.05, 0) is 56.4 Å². The summed E-state index contributed by atoms with van der Waals surface area (Å²) in [5, 5.41) is 3.30. The van der Waals surface area contributed by atoms with Crippen LogP contribution in [0.15, 0.2) is 51.7 Å². The van der Waals surface area contributed by atoms with Crippen LogP contribution in [0.3, 0.4) is 0 Å². The summed E-state index contributed by atoms with van der Waals surface area (Å²) < 4.78 is 44.7. The van der Waals surface area contributed by atoms with Crippen molar-refractivity contribution in [2.75, 3.05) is 20.6 Å². The summed E-state index contributed by atoms with van der Waals surface area (Å²) in [7, 11) is 3.39. The molecular weight excluding hydrogens is 433 g/mol. The van der Waals surface area contributed by atoms with Gasteiger partial charge in [0, 0.05) is 17.6 Å². The molecular formula is C22H20ClF3N2O3. The van der Waals surface area contributed by atoms with Crippen LogP contribution < -0.4 is 10.7 Å². The van der Waals surface area contributed by atoms with E-state index in [1.165, 1.54) is 12.1 Å². The maximum atomic E-state index is 13.1. The number of rotatable bonds is 5. The largest absolute Gasteiger partial charge is 0.451 e. The predicted octanol–water partition coefficient (Wildman–Crippen LogP) is 4.81. The monoisotopic (exact) mass is 452 g/mol. The molecule has 0 saturated carbocycles. The van der Waals surface area contributed by atoms with Crippen molar-refractivity contribution >= 4 is 28.5 Å². The van der Waals surface area contributed by atoms with Gasteiger partial charge < -0.3 is 14.6 Å². The van der Waals surface area contributed by atoms with E-state index < -0.39 is 29.1 Å². The van der Waals surface area contributed by atoms with Crippen molar-refractivity contribution in [1.29, 1.82) is 0 Å². The predicted molar refractivity (Wildman–Crippen MR) is 112 cm³/mol. The lowest BCUT2D eigenvalue weighted by molar-refractivity contribution is -0.137. The first-order valence-corrected chi connectivity index (χ1v) is 9.71. The number of hydrogen-bond acceptors (Lipinski definition) is 4. The Bertz CT molecular complexity index is 1190. The first-order valence-electron chi connectivity index (χ1n) is 9.33. The first-order chi connectivity index (χ1) is 14.5. The Labute approximate surface area is 181 Å². The van der Waals surface area contributed by atoms with Crippen molar-refractivity contribution in [3.63, 3.8) is 0 Å². The van der Waals surface area contributed by atoms with Gasteiger partial charge >= 0.3 is 6.18 Å². The summed E-state index contributed by atoms with van der Waals surface area (Å²) >= 11 is 6.04. The van der Waals surface area contributed by atoms with Gasteiger partial charge in [0.15, 0.2) is 11.2 Å². The number of halogens is 4. The zero-order valence-electron chi connectivity index (χ0n) is 17.0. The normalized spacial score (nSPS) is 12.9. The smallest absolute Gasteiger partial charge is 0.416 e. The molecule has 0 radical (unpaired) electrons. The molecule has 3 rings (SSSR count). The molecule has 0 bridgehead atoms. The van der Waals surface area contributed by atoms with Gasteiger partial charge in [-0.25, -0.2) is 0 Å². The Balaban J connectivity index is 1.84. The Morgan fingerprint density at radius 1 is 1.19 bits per heavy atom. The Morgan fingerprint density at radius 3 is 2.55 bits per heavy atom. The van der Waals surface area contributed by atoms with Crippen molar-refractivity contribution in [2.24, 2.45) is 0 Å². The molecule has 1 aromatic heterocycles. The number of hydrogen-bond donors (Lipinski definition) is 1. The summed E-state index contributed by atoms with van der Waals surface area (Å²) in [5.41, 5.74) is 0.118. The molecule has 5 nitrogen and oxygen atoms in total. The third kappa shape index (κ3) is 5.08. The number of likely N-dealkylation sites (N-methyl/N-ethyl adjacent to an activating group) is 1. The highest BCUT2D eigenvalue weighted by Crippen LogP contribution is 2.31. The fourth-order valence-corrected chi connectivity index (χ4v) is 3.35. The molecule has 0 aliphatic rings. The molecule has 0 aliphatic heterocycles. The zero-order chi connectivity index (χ0) is 22.9. The van der Waals surface area contributed by atoms with Crippen LogP contribution in [0.4, 0.5) is 13.2 Å². The van der Waals surface area contributed by atoms with Crippen LogP contribution in [0.5, 0.6) is 0 Å². The van der Waals surface area contributed by atoms with E-state index in [-0.39, 0.29) is 23.3 Å². The van der Waals surface area contributed by atoms with Gasteiger partial charge in [-0.2, -0.15) is 13.2 Å². The molecule has 2 aromatic carbocycles. The van der Waals surface area contributed by atoms with Crippen molar-refractivity contribution < 1.29 is 22.4 Å². The first kappa shape index (κ1) is 22.8. The Hall–Kier alpha value is -2.84. The number of carbonyl (C=O) groups excluding carboxylic acids is 1. The second-order valence-electron chi connectivity index (χ2n) is 7.39. The highest BCUT2D eigenvalue weighted by molar-refractivity contribution is 6.32. The van der Waals surface area contributed by atoms with Crippen LogP contribution in [-0.2, 0) is 6.18 Å². The standard InChI is InChI=1S/C22H20ClF3N2O3/c1-12-7-19-15(9-16(12)23)18(29)10-20(31-19)21(30)27-11-17(28(2)3)13-5-4-6-14(8-13)22(24,25)26/h4-10,17H,11H2,1-3H3,(H,27,30)/t17-/m1/s1. The fraction of sp³-hybridized carbons (Fsp3) is 0.273. The van der Waals surface area contributed by atoms with Crippen LogP contribution in [0, 0.1) is 6.92 Å². The van der Waals surface area contributed by atoms with E-state index in [1.807, 2.05) is 0 Å². The third-order valence-electron chi connectivity index (χ3n) is 4.91.